The smallest absolute Gasteiger partial charge is 0.390 e. The van der Waals surface area contributed by atoms with Gasteiger partial charge in [-0.1, -0.05) is 22.9 Å². The second kappa shape index (κ2) is 6.06. The van der Waals surface area contributed by atoms with Crippen molar-refractivity contribution in [1.82, 2.24) is 0 Å². The summed E-state index contributed by atoms with van der Waals surface area (Å²) >= 11 is 3.24. The molecule has 0 aromatic heterocycles. The van der Waals surface area contributed by atoms with Crippen LogP contribution in [0.4, 0.5) is 0 Å². The third-order valence-electron chi connectivity index (χ3n) is 3.68. The van der Waals surface area contributed by atoms with Crippen LogP contribution in [0.2, 0.25) is 0 Å². The average molecular weight is 395 g/mol. The lowest BCUT2D eigenvalue weighted by Crippen LogP contribution is -2.50. The highest BCUT2D eigenvalue weighted by Gasteiger charge is 2.50. The average Bonchev–Trinajstić information content (AvgIpc) is 2.91. The van der Waals surface area contributed by atoms with Crippen LogP contribution in [0.25, 0.3) is 0 Å². The van der Waals surface area contributed by atoms with Gasteiger partial charge in [0.05, 0.1) is 12.7 Å². The van der Waals surface area contributed by atoms with E-state index in [0.717, 1.165) is 4.47 Å². The van der Waals surface area contributed by atoms with Crippen molar-refractivity contribution in [2.24, 2.45) is 5.92 Å². The highest BCUT2D eigenvalue weighted by atomic mass is 79.9. The molecule has 122 valence electrons. The van der Waals surface area contributed by atoms with Crippen LogP contribution in [0.1, 0.15) is 6.92 Å². The number of benzene rings is 1. The number of aliphatic hydroxyl groups is 1. The first-order chi connectivity index (χ1) is 10.4. The molecule has 2 saturated heterocycles. The molecule has 0 saturated carbocycles. The van der Waals surface area contributed by atoms with E-state index in [1.54, 1.807) is 19.1 Å². The SMILES string of the molecule is C[C@@H]1C(OS(=O)(=O)Oc2ccc(Br)cc2)[C@@H]2OCC(O2)[C@H]1O. The Labute approximate surface area is 136 Å². The van der Waals surface area contributed by atoms with Crippen molar-refractivity contribution in [1.29, 1.82) is 0 Å². The molecule has 3 rings (SSSR count). The maximum absolute atomic E-state index is 12.0. The predicted molar refractivity (Wildman–Crippen MR) is 78.3 cm³/mol. The van der Waals surface area contributed by atoms with Crippen LogP contribution in [-0.2, 0) is 24.1 Å². The zero-order valence-corrected chi connectivity index (χ0v) is 14.0. The van der Waals surface area contributed by atoms with Gasteiger partial charge in [0.25, 0.3) is 0 Å². The lowest BCUT2D eigenvalue weighted by molar-refractivity contribution is -0.197. The lowest BCUT2D eigenvalue weighted by atomic mass is 9.92. The summed E-state index contributed by atoms with van der Waals surface area (Å²) in [5.74, 6) is -0.340. The molecule has 1 aromatic carbocycles. The minimum absolute atomic E-state index is 0.123. The Kier molecular flexibility index (Phi) is 4.45. The summed E-state index contributed by atoms with van der Waals surface area (Å²) in [6.07, 6.45) is -3.09. The van der Waals surface area contributed by atoms with Crippen molar-refractivity contribution in [2.45, 2.75) is 31.5 Å². The van der Waals surface area contributed by atoms with E-state index < -0.39 is 40.9 Å². The van der Waals surface area contributed by atoms with Crippen LogP contribution >= 0.6 is 15.9 Å². The third kappa shape index (κ3) is 3.29. The molecule has 5 atom stereocenters. The number of rotatable bonds is 4. The summed E-state index contributed by atoms with van der Waals surface area (Å²) < 4.78 is 45.5. The van der Waals surface area contributed by atoms with Crippen LogP contribution in [0.15, 0.2) is 28.7 Å². The third-order valence-corrected chi connectivity index (χ3v) is 5.06. The second-order valence-corrected chi connectivity index (χ2v) is 7.32. The zero-order valence-electron chi connectivity index (χ0n) is 11.6. The van der Waals surface area contributed by atoms with Gasteiger partial charge in [0, 0.05) is 10.4 Å². The fraction of sp³-hybridized carbons (Fsp3) is 0.538. The van der Waals surface area contributed by atoms with Crippen molar-refractivity contribution in [2.75, 3.05) is 6.61 Å². The largest absolute Gasteiger partial charge is 0.449 e. The van der Waals surface area contributed by atoms with E-state index in [4.69, 9.17) is 17.8 Å². The maximum atomic E-state index is 12.0. The van der Waals surface area contributed by atoms with Gasteiger partial charge in [-0.2, -0.15) is 8.42 Å². The Hall–Kier alpha value is -0.710. The molecule has 0 amide bonds. The summed E-state index contributed by atoms with van der Waals surface area (Å²) in [4.78, 5) is 0. The molecule has 2 unspecified atom stereocenters. The summed E-state index contributed by atoms with van der Waals surface area (Å²) in [5, 5.41) is 10.0. The highest BCUT2D eigenvalue weighted by molar-refractivity contribution is 9.10. The van der Waals surface area contributed by atoms with Crippen LogP contribution in [0.3, 0.4) is 0 Å². The van der Waals surface area contributed by atoms with Crippen molar-refractivity contribution < 1.29 is 31.4 Å². The van der Waals surface area contributed by atoms with E-state index in [-0.39, 0.29) is 12.4 Å². The van der Waals surface area contributed by atoms with Gasteiger partial charge in [0.15, 0.2) is 6.29 Å². The quantitative estimate of drug-likeness (QED) is 0.820. The highest BCUT2D eigenvalue weighted by Crippen LogP contribution is 2.34. The molecule has 9 heteroatoms. The lowest BCUT2D eigenvalue weighted by Gasteiger charge is -2.35. The molecule has 0 radical (unpaired) electrons. The van der Waals surface area contributed by atoms with Gasteiger partial charge in [0.1, 0.15) is 18.0 Å². The van der Waals surface area contributed by atoms with Crippen molar-refractivity contribution in [3.8, 4) is 5.75 Å². The van der Waals surface area contributed by atoms with Crippen LogP contribution in [-0.4, -0.2) is 44.7 Å². The summed E-state index contributed by atoms with van der Waals surface area (Å²) in [7, 11) is -4.31. The molecule has 0 spiro atoms. The molecule has 2 aliphatic rings. The van der Waals surface area contributed by atoms with Gasteiger partial charge in [-0.3, -0.25) is 0 Å². The van der Waals surface area contributed by atoms with Crippen LogP contribution in [0, 0.1) is 5.92 Å². The Bertz CT molecular complexity index is 632. The number of hydrogen-bond donors (Lipinski definition) is 1. The molecule has 1 aromatic rings. The Morgan fingerprint density at radius 2 is 2.00 bits per heavy atom. The molecule has 2 bridgehead atoms. The molecule has 2 fully saturated rings. The number of halogens is 1. The first kappa shape index (κ1) is 16.2. The second-order valence-electron chi connectivity index (χ2n) is 5.23. The monoisotopic (exact) mass is 394 g/mol. The normalized spacial score (nSPS) is 34.6. The van der Waals surface area contributed by atoms with Crippen LogP contribution < -0.4 is 4.18 Å². The molecule has 7 nitrogen and oxygen atoms in total. The fourth-order valence-corrected chi connectivity index (χ4v) is 3.66. The van der Waals surface area contributed by atoms with E-state index in [2.05, 4.69) is 15.9 Å². The zero-order chi connectivity index (χ0) is 15.9. The number of ether oxygens (including phenoxy) is 2. The van der Waals surface area contributed by atoms with Gasteiger partial charge in [-0.25, -0.2) is 4.18 Å². The molecular weight excluding hydrogens is 380 g/mol. The predicted octanol–water partition coefficient (Wildman–Crippen LogP) is 1.21. The number of fused-ring (bicyclic) bond motifs is 2. The van der Waals surface area contributed by atoms with Crippen molar-refractivity contribution in [3.63, 3.8) is 0 Å². The Morgan fingerprint density at radius 3 is 2.68 bits per heavy atom. The van der Waals surface area contributed by atoms with E-state index in [1.165, 1.54) is 12.1 Å². The number of hydrogen-bond acceptors (Lipinski definition) is 7. The molecule has 0 aliphatic carbocycles. The fourth-order valence-electron chi connectivity index (χ4n) is 2.47. The Balaban J connectivity index is 1.72. The van der Waals surface area contributed by atoms with E-state index >= 15 is 0 Å². The van der Waals surface area contributed by atoms with Crippen molar-refractivity contribution >= 4 is 26.3 Å². The molecule has 2 aliphatic heterocycles. The van der Waals surface area contributed by atoms with E-state index in [1.807, 2.05) is 0 Å². The minimum Gasteiger partial charge on any atom is -0.390 e. The van der Waals surface area contributed by atoms with E-state index in [0.29, 0.717) is 0 Å². The molecule has 1 N–H and O–H groups in total. The topological polar surface area (TPSA) is 91.3 Å². The standard InChI is InChI=1S/C13H15BrO7S/c1-7-11(15)10-6-18-13(19-10)12(7)21-22(16,17)20-9-4-2-8(14)3-5-9/h2-5,7,10-13,15H,6H2,1H3/t7-,10?,11-,12?,13+/m0/s1. The van der Waals surface area contributed by atoms with Gasteiger partial charge in [0.2, 0.25) is 0 Å². The Morgan fingerprint density at radius 1 is 1.32 bits per heavy atom. The summed E-state index contributed by atoms with van der Waals surface area (Å²) in [6.45, 7) is 1.89. The summed E-state index contributed by atoms with van der Waals surface area (Å²) in [6, 6.07) is 6.27. The van der Waals surface area contributed by atoms with Gasteiger partial charge >= 0.3 is 10.4 Å². The van der Waals surface area contributed by atoms with Gasteiger partial charge in [-0.15, -0.1) is 0 Å². The van der Waals surface area contributed by atoms with Crippen molar-refractivity contribution in [3.05, 3.63) is 28.7 Å². The first-order valence-corrected chi connectivity index (χ1v) is 8.82. The summed E-state index contributed by atoms with van der Waals surface area (Å²) in [5.41, 5.74) is 0. The molecule has 22 heavy (non-hydrogen) atoms. The van der Waals surface area contributed by atoms with E-state index in [9.17, 15) is 13.5 Å². The number of aliphatic hydroxyl groups excluding tert-OH is 1. The molecule has 2 heterocycles. The van der Waals surface area contributed by atoms with Gasteiger partial charge in [-0.05, 0) is 24.3 Å². The first-order valence-electron chi connectivity index (χ1n) is 6.69. The molecular formula is C13H15BrO7S. The minimum atomic E-state index is -4.31. The van der Waals surface area contributed by atoms with Gasteiger partial charge < -0.3 is 18.8 Å². The maximum Gasteiger partial charge on any atom is 0.449 e. The van der Waals surface area contributed by atoms with Crippen LogP contribution in [0.5, 0.6) is 5.75 Å².